The zero-order valence-electron chi connectivity index (χ0n) is 19.6. The lowest BCUT2D eigenvalue weighted by atomic mass is 9.89. The van der Waals surface area contributed by atoms with Crippen molar-refractivity contribution in [2.24, 2.45) is 5.92 Å². The molecule has 1 aromatic carbocycles. The van der Waals surface area contributed by atoms with Crippen molar-refractivity contribution in [2.45, 2.75) is 52.4 Å². The summed E-state index contributed by atoms with van der Waals surface area (Å²) in [5.74, 6) is 2.77. The van der Waals surface area contributed by atoms with Crippen molar-refractivity contribution in [1.29, 1.82) is 0 Å². The van der Waals surface area contributed by atoms with Gasteiger partial charge in [-0.2, -0.15) is 0 Å². The minimum Gasteiger partial charge on any atom is -0.352 e. The van der Waals surface area contributed by atoms with Crippen LogP contribution in [0.5, 0.6) is 0 Å². The summed E-state index contributed by atoms with van der Waals surface area (Å²) in [4.78, 5) is 29.7. The summed E-state index contributed by atoms with van der Waals surface area (Å²) >= 11 is 1.85. The molecule has 1 saturated heterocycles. The molecule has 0 saturated carbocycles. The number of hydrogen-bond acceptors (Lipinski definition) is 5. The molecule has 3 aromatic rings. The third-order valence-electron chi connectivity index (χ3n) is 6.87. The highest BCUT2D eigenvalue weighted by Gasteiger charge is 2.29. The Morgan fingerprint density at radius 2 is 1.88 bits per heavy atom. The first-order valence-electron chi connectivity index (χ1n) is 12.0. The van der Waals surface area contributed by atoms with Crippen LogP contribution in [0, 0.1) is 11.7 Å². The zero-order chi connectivity index (χ0) is 23.1. The summed E-state index contributed by atoms with van der Waals surface area (Å²) in [6, 6.07) is 6.20. The van der Waals surface area contributed by atoms with Crippen LogP contribution in [0.2, 0.25) is 0 Å². The van der Waals surface area contributed by atoms with E-state index in [1.807, 2.05) is 16.2 Å². The van der Waals surface area contributed by atoms with Crippen LogP contribution in [-0.4, -0.2) is 47.0 Å². The van der Waals surface area contributed by atoms with Crippen molar-refractivity contribution < 1.29 is 9.18 Å². The van der Waals surface area contributed by atoms with E-state index in [-0.39, 0.29) is 17.6 Å². The molecular weight excluding hydrogens is 435 g/mol. The highest BCUT2D eigenvalue weighted by Crippen LogP contribution is 2.41. The first-order chi connectivity index (χ1) is 15.9. The lowest BCUT2D eigenvalue weighted by Crippen LogP contribution is -2.49. The molecular formula is C26H31FN4OS. The van der Waals surface area contributed by atoms with Gasteiger partial charge in [0.2, 0.25) is 5.91 Å². The molecule has 1 aliphatic heterocycles. The molecule has 5 nitrogen and oxygen atoms in total. The number of benzene rings is 1. The summed E-state index contributed by atoms with van der Waals surface area (Å²) in [6.45, 7) is 9.50. The van der Waals surface area contributed by atoms with Crippen LogP contribution in [0.3, 0.4) is 0 Å². The van der Waals surface area contributed by atoms with Crippen molar-refractivity contribution >= 4 is 33.3 Å². The molecule has 7 heteroatoms. The average Bonchev–Trinajstić information content (AvgIpc) is 3.17. The van der Waals surface area contributed by atoms with Crippen LogP contribution in [0.4, 0.5) is 10.2 Å². The van der Waals surface area contributed by atoms with E-state index in [0.717, 1.165) is 53.9 Å². The summed E-state index contributed by atoms with van der Waals surface area (Å²) in [5, 5.41) is 1.25. The summed E-state index contributed by atoms with van der Waals surface area (Å²) in [6.07, 6.45) is 3.77. The van der Waals surface area contributed by atoms with E-state index in [1.54, 1.807) is 12.1 Å². The second kappa shape index (κ2) is 9.01. The zero-order valence-corrected chi connectivity index (χ0v) is 20.4. The fourth-order valence-corrected chi connectivity index (χ4v) is 6.27. The van der Waals surface area contributed by atoms with E-state index >= 15 is 0 Å². The second-order valence-corrected chi connectivity index (χ2v) is 10.8. The Balaban J connectivity index is 1.37. The predicted molar refractivity (Wildman–Crippen MR) is 132 cm³/mol. The van der Waals surface area contributed by atoms with E-state index in [0.29, 0.717) is 19.5 Å². The molecule has 1 fully saturated rings. The number of halogens is 1. The molecule has 33 heavy (non-hydrogen) atoms. The average molecular weight is 467 g/mol. The molecule has 3 heterocycles. The van der Waals surface area contributed by atoms with E-state index < -0.39 is 0 Å². The number of rotatable bonds is 4. The van der Waals surface area contributed by atoms with Gasteiger partial charge in [0.1, 0.15) is 22.3 Å². The van der Waals surface area contributed by atoms with Gasteiger partial charge < -0.3 is 9.80 Å². The largest absolute Gasteiger partial charge is 0.352 e. The molecule has 2 aliphatic rings. The standard InChI is InChI=1S/C26H31FN4OS/c1-16(2)24-28-25(23-20-9-4-17(3)14-21(20)33-26(23)29-24)31-12-10-30(11-13-31)22(32)15-18-5-7-19(27)8-6-18/h5-8,16-17H,4,9-15H2,1-3H3/t17-/m1/s1. The van der Waals surface area contributed by atoms with Crippen molar-refractivity contribution in [1.82, 2.24) is 14.9 Å². The fraction of sp³-hybridized carbons (Fsp3) is 0.500. The Bertz CT molecular complexity index is 1170. The summed E-state index contributed by atoms with van der Waals surface area (Å²) in [7, 11) is 0. The van der Waals surface area contributed by atoms with Gasteiger partial charge >= 0.3 is 0 Å². The van der Waals surface area contributed by atoms with Gasteiger partial charge in [0.25, 0.3) is 0 Å². The smallest absolute Gasteiger partial charge is 0.227 e. The normalized spacial score (nSPS) is 18.8. The summed E-state index contributed by atoms with van der Waals surface area (Å²) in [5.41, 5.74) is 2.30. The number of amides is 1. The van der Waals surface area contributed by atoms with E-state index in [1.165, 1.54) is 34.4 Å². The Hall–Kier alpha value is -2.54. The van der Waals surface area contributed by atoms with E-state index in [4.69, 9.17) is 9.97 Å². The number of aryl methyl sites for hydroxylation is 1. The molecule has 1 atom stereocenters. The molecule has 0 N–H and O–H groups in total. The quantitative estimate of drug-likeness (QED) is 0.545. The Kier molecular flexibility index (Phi) is 6.08. The third kappa shape index (κ3) is 4.47. The number of thiophene rings is 1. The van der Waals surface area contributed by atoms with Gasteiger partial charge in [-0.15, -0.1) is 11.3 Å². The van der Waals surface area contributed by atoms with Gasteiger partial charge in [0.15, 0.2) is 0 Å². The van der Waals surface area contributed by atoms with Gasteiger partial charge in [-0.1, -0.05) is 32.9 Å². The molecule has 0 radical (unpaired) electrons. The molecule has 0 bridgehead atoms. The molecule has 1 amide bonds. The van der Waals surface area contributed by atoms with Crippen molar-refractivity contribution in [3.05, 3.63) is 51.9 Å². The predicted octanol–water partition coefficient (Wildman–Crippen LogP) is 4.97. The summed E-state index contributed by atoms with van der Waals surface area (Å²) < 4.78 is 13.2. The fourth-order valence-electron chi connectivity index (χ4n) is 4.88. The highest BCUT2D eigenvalue weighted by atomic mass is 32.1. The van der Waals surface area contributed by atoms with Crippen LogP contribution in [0.1, 0.15) is 54.9 Å². The maximum Gasteiger partial charge on any atom is 0.227 e. The molecule has 2 aromatic heterocycles. The Morgan fingerprint density at radius 3 is 2.58 bits per heavy atom. The van der Waals surface area contributed by atoms with Crippen LogP contribution in [0.25, 0.3) is 10.2 Å². The lowest BCUT2D eigenvalue weighted by molar-refractivity contribution is -0.130. The molecule has 1 aliphatic carbocycles. The number of aromatic nitrogens is 2. The monoisotopic (exact) mass is 466 g/mol. The lowest BCUT2D eigenvalue weighted by Gasteiger charge is -2.36. The van der Waals surface area contributed by atoms with Crippen LogP contribution < -0.4 is 4.90 Å². The number of piperazine rings is 1. The Morgan fingerprint density at radius 1 is 1.15 bits per heavy atom. The van der Waals surface area contributed by atoms with Crippen molar-refractivity contribution in [2.75, 3.05) is 31.1 Å². The maximum atomic E-state index is 13.2. The number of hydrogen-bond donors (Lipinski definition) is 0. The number of carbonyl (C=O) groups is 1. The number of fused-ring (bicyclic) bond motifs is 3. The minimum absolute atomic E-state index is 0.0962. The van der Waals surface area contributed by atoms with Gasteiger partial charge in [-0.3, -0.25) is 4.79 Å². The van der Waals surface area contributed by atoms with Gasteiger partial charge in [0, 0.05) is 37.0 Å². The van der Waals surface area contributed by atoms with Crippen LogP contribution >= 0.6 is 11.3 Å². The second-order valence-electron chi connectivity index (χ2n) is 9.76. The third-order valence-corrected chi connectivity index (χ3v) is 8.02. The van der Waals surface area contributed by atoms with Gasteiger partial charge in [-0.25, -0.2) is 14.4 Å². The SMILES string of the molecule is CC(C)c1nc(N2CCN(C(=O)Cc3ccc(F)cc3)CC2)c2c3c(sc2n1)C[C@H](C)CC3. The number of carbonyl (C=O) groups excluding carboxylic acids is 1. The van der Waals surface area contributed by atoms with Crippen LogP contribution in [0.15, 0.2) is 24.3 Å². The Labute approximate surface area is 198 Å². The topological polar surface area (TPSA) is 49.3 Å². The molecule has 174 valence electrons. The number of anilines is 1. The van der Waals surface area contributed by atoms with E-state index in [2.05, 4.69) is 25.7 Å². The van der Waals surface area contributed by atoms with Crippen molar-refractivity contribution in [3.8, 4) is 0 Å². The first kappa shape index (κ1) is 22.3. The van der Waals surface area contributed by atoms with Gasteiger partial charge in [-0.05, 0) is 48.4 Å². The number of nitrogens with zero attached hydrogens (tertiary/aromatic N) is 4. The highest BCUT2D eigenvalue weighted by molar-refractivity contribution is 7.19. The van der Waals surface area contributed by atoms with Crippen molar-refractivity contribution in [3.63, 3.8) is 0 Å². The minimum atomic E-state index is -0.276. The first-order valence-corrected chi connectivity index (χ1v) is 12.8. The van der Waals surface area contributed by atoms with Crippen LogP contribution in [-0.2, 0) is 24.1 Å². The van der Waals surface area contributed by atoms with Gasteiger partial charge in [0.05, 0.1) is 11.8 Å². The maximum absolute atomic E-state index is 13.2. The van der Waals surface area contributed by atoms with E-state index in [9.17, 15) is 9.18 Å². The molecule has 5 rings (SSSR count). The molecule has 0 spiro atoms. The molecule has 0 unspecified atom stereocenters.